The average Bonchev–Trinajstić information content (AvgIpc) is 2.63. The Morgan fingerprint density at radius 3 is 2.75 bits per heavy atom. The number of thiazole rings is 1. The van der Waals surface area contributed by atoms with Crippen LogP contribution >= 0.6 is 11.3 Å². The van der Waals surface area contributed by atoms with Crippen LogP contribution in [0.1, 0.15) is 35.6 Å². The Morgan fingerprint density at radius 1 is 1.62 bits per heavy atom. The smallest absolute Gasteiger partial charge is 0.357 e. The van der Waals surface area contributed by atoms with Crippen LogP contribution in [-0.4, -0.2) is 24.1 Å². The van der Waals surface area contributed by atoms with Gasteiger partial charge in [0.2, 0.25) is 0 Å². The fraction of sp³-hybridized carbons (Fsp3) is 0.636. The van der Waals surface area contributed by atoms with Crippen LogP contribution in [0.25, 0.3) is 0 Å². The van der Waals surface area contributed by atoms with Crippen molar-refractivity contribution >= 4 is 22.4 Å². The minimum Gasteiger partial charge on any atom is -0.464 e. The Balaban J connectivity index is 2.10. The first kappa shape index (κ1) is 11.4. The number of hydrogen-bond donors (Lipinski definition) is 1. The third-order valence-electron chi connectivity index (χ3n) is 2.99. The zero-order chi connectivity index (χ0) is 11.9. The lowest BCUT2D eigenvalue weighted by Crippen LogP contribution is -2.09. The lowest BCUT2D eigenvalue weighted by molar-refractivity contribution is 0.0594. The van der Waals surface area contributed by atoms with E-state index in [4.69, 9.17) is 0 Å². The molecule has 5 heteroatoms. The largest absolute Gasteiger partial charge is 0.464 e. The summed E-state index contributed by atoms with van der Waals surface area (Å²) in [7, 11) is 1.37. The predicted octanol–water partition coefficient (Wildman–Crippen LogP) is 2.45. The molecule has 1 N–H and O–H groups in total. The van der Waals surface area contributed by atoms with Gasteiger partial charge in [0.15, 0.2) is 10.8 Å². The molecule has 0 bridgehead atoms. The van der Waals surface area contributed by atoms with Gasteiger partial charge < -0.3 is 10.1 Å². The molecule has 4 nitrogen and oxygen atoms in total. The van der Waals surface area contributed by atoms with Gasteiger partial charge in [-0.2, -0.15) is 0 Å². The lowest BCUT2D eigenvalue weighted by atomic mass is 10.2. The van der Waals surface area contributed by atoms with Crippen molar-refractivity contribution in [2.24, 2.45) is 5.41 Å². The van der Waals surface area contributed by atoms with Gasteiger partial charge in [-0.15, -0.1) is 11.3 Å². The van der Waals surface area contributed by atoms with E-state index in [0.29, 0.717) is 17.2 Å². The Labute approximate surface area is 99.0 Å². The van der Waals surface area contributed by atoms with Gasteiger partial charge in [0.05, 0.1) is 7.11 Å². The van der Waals surface area contributed by atoms with Gasteiger partial charge in [0.1, 0.15) is 0 Å². The number of methoxy groups -OCH3 is 1. The second kappa shape index (κ2) is 3.73. The monoisotopic (exact) mass is 240 g/mol. The van der Waals surface area contributed by atoms with Gasteiger partial charge in [0.25, 0.3) is 0 Å². The Morgan fingerprint density at radius 2 is 2.25 bits per heavy atom. The second-order valence-electron chi connectivity index (χ2n) is 4.81. The Hall–Kier alpha value is -1.10. The minimum absolute atomic E-state index is 0.352. The summed E-state index contributed by atoms with van der Waals surface area (Å²) < 4.78 is 4.67. The minimum atomic E-state index is -0.364. The number of carbonyl (C=O) groups is 1. The van der Waals surface area contributed by atoms with Crippen LogP contribution in [-0.2, 0) is 4.74 Å². The van der Waals surface area contributed by atoms with Crippen LogP contribution < -0.4 is 5.32 Å². The summed E-state index contributed by atoms with van der Waals surface area (Å²) in [6.45, 7) is 6.31. The summed E-state index contributed by atoms with van der Waals surface area (Å²) in [5.41, 5.74) is 0.777. The van der Waals surface area contributed by atoms with E-state index in [-0.39, 0.29) is 5.97 Å². The van der Waals surface area contributed by atoms with Crippen molar-refractivity contribution in [2.45, 2.75) is 33.2 Å². The third kappa shape index (κ3) is 2.04. The first-order chi connectivity index (χ1) is 7.44. The van der Waals surface area contributed by atoms with E-state index in [1.54, 1.807) is 0 Å². The topological polar surface area (TPSA) is 51.2 Å². The number of carbonyl (C=O) groups excluding carboxylic acids is 1. The quantitative estimate of drug-likeness (QED) is 0.824. The van der Waals surface area contributed by atoms with Crippen LogP contribution in [0, 0.1) is 12.3 Å². The van der Waals surface area contributed by atoms with Gasteiger partial charge in [-0.1, -0.05) is 13.8 Å². The number of aromatic nitrogens is 1. The van der Waals surface area contributed by atoms with E-state index in [1.165, 1.54) is 18.4 Å². The molecule has 1 aliphatic carbocycles. The number of aryl methyl sites for hydroxylation is 1. The maximum Gasteiger partial charge on any atom is 0.357 e. The van der Waals surface area contributed by atoms with E-state index in [1.807, 2.05) is 6.92 Å². The number of hydrogen-bond acceptors (Lipinski definition) is 5. The number of nitrogens with zero attached hydrogens (tertiary/aromatic N) is 1. The summed E-state index contributed by atoms with van der Waals surface area (Å²) in [4.78, 5) is 16.5. The molecule has 0 aromatic carbocycles. The molecule has 0 radical (unpaired) electrons. The molecule has 1 heterocycles. The second-order valence-corrected chi connectivity index (χ2v) is 6.01. The summed E-state index contributed by atoms with van der Waals surface area (Å²) >= 11 is 1.50. The number of anilines is 1. The molecule has 1 saturated carbocycles. The van der Waals surface area contributed by atoms with Gasteiger partial charge in [-0.3, -0.25) is 0 Å². The van der Waals surface area contributed by atoms with Crippen LogP contribution in [0.3, 0.4) is 0 Å². The Bertz CT molecular complexity index is 426. The first-order valence-electron chi connectivity index (χ1n) is 5.26. The summed E-state index contributed by atoms with van der Waals surface area (Å²) in [5.74, 6) is -0.364. The van der Waals surface area contributed by atoms with E-state index >= 15 is 0 Å². The average molecular weight is 240 g/mol. The fourth-order valence-corrected chi connectivity index (χ4v) is 2.46. The molecule has 1 aromatic heterocycles. The van der Waals surface area contributed by atoms with Crippen molar-refractivity contribution in [1.82, 2.24) is 4.98 Å². The van der Waals surface area contributed by atoms with E-state index in [9.17, 15) is 4.79 Å². The zero-order valence-corrected chi connectivity index (χ0v) is 10.8. The molecule has 0 saturated heterocycles. The maximum absolute atomic E-state index is 11.4. The lowest BCUT2D eigenvalue weighted by Gasteiger charge is -2.03. The number of ether oxygens (including phenoxy) is 1. The van der Waals surface area contributed by atoms with E-state index in [0.717, 1.165) is 16.4 Å². The van der Waals surface area contributed by atoms with Crippen molar-refractivity contribution in [3.05, 3.63) is 10.6 Å². The Kier molecular flexibility index (Phi) is 2.66. The van der Waals surface area contributed by atoms with Gasteiger partial charge in [0, 0.05) is 10.9 Å². The highest BCUT2D eigenvalue weighted by Gasteiger charge is 2.46. The SMILES string of the molecule is COC(=O)c1nc(NC2CC2(C)C)sc1C. The number of rotatable bonds is 3. The molecular formula is C11H16N2O2S. The zero-order valence-electron chi connectivity index (χ0n) is 9.96. The standard InChI is InChI=1S/C11H16N2O2S/c1-6-8(9(14)15-4)13-10(16-6)12-7-5-11(7,2)3/h7H,5H2,1-4H3,(H,12,13). The molecular weight excluding hydrogens is 224 g/mol. The van der Waals surface area contributed by atoms with E-state index < -0.39 is 0 Å². The van der Waals surface area contributed by atoms with Crippen LogP contribution in [0.4, 0.5) is 5.13 Å². The van der Waals surface area contributed by atoms with Crippen molar-refractivity contribution < 1.29 is 9.53 Å². The third-order valence-corrected chi connectivity index (χ3v) is 3.89. The highest BCUT2D eigenvalue weighted by atomic mass is 32.1. The fourth-order valence-electron chi connectivity index (χ4n) is 1.61. The molecule has 0 aliphatic heterocycles. The van der Waals surface area contributed by atoms with Gasteiger partial charge in [-0.25, -0.2) is 9.78 Å². The molecule has 1 unspecified atom stereocenters. The molecule has 2 rings (SSSR count). The molecule has 1 aliphatic rings. The molecule has 1 fully saturated rings. The molecule has 0 amide bonds. The normalized spacial score (nSPS) is 21.6. The van der Waals surface area contributed by atoms with Gasteiger partial charge >= 0.3 is 5.97 Å². The number of esters is 1. The van der Waals surface area contributed by atoms with Crippen molar-refractivity contribution in [2.75, 3.05) is 12.4 Å². The molecule has 88 valence electrons. The molecule has 1 atom stereocenters. The van der Waals surface area contributed by atoms with Crippen LogP contribution in [0.15, 0.2) is 0 Å². The van der Waals surface area contributed by atoms with Gasteiger partial charge in [-0.05, 0) is 18.8 Å². The number of nitrogens with one attached hydrogen (secondary N) is 1. The highest BCUT2D eigenvalue weighted by molar-refractivity contribution is 7.15. The predicted molar refractivity (Wildman–Crippen MR) is 64.0 cm³/mol. The molecule has 1 aromatic rings. The summed E-state index contributed by atoms with van der Waals surface area (Å²) in [6.07, 6.45) is 1.15. The molecule has 0 spiro atoms. The summed E-state index contributed by atoms with van der Waals surface area (Å²) in [6, 6.07) is 0.476. The van der Waals surface area contributed by atoms with E-state index in [2.05, 4.69) is 28.9 Å². The van der Waals surface area contributed by atoms with Crippen LogP contribution in [0.2, 0.25) is 0 Å². The van der Waals surface area contributed by atoms with Crippen molar-refractivity contribution in [1.29, 1.82) is 0 Å². The maximum atomic E-state index is 11.4. The summed E-state index contributed by atoms with van der Waals surface area (Å²) in [5, 5.41) is 4.16. The molecule has 16 heavy (non-hydrogen) atoms. The van der Waals surface area contributed by atoms with Crippen LogP contribution in [0.5, 0.6) is 0 Å². The van der Waals surface area contributed by atoms with Crippen molar-refractivity contribution in [3.8, 4) is 0 Å². The van der Waals surface area contributed by atoms with Crippen molar-refractivity contribution in [3.63, 3.8) is 0 Å². The first-order valence-corrected chi connectivity index (χ1v) is 6.08. The highest BCUT2D eigenvalue weighted by Crippen LogP contribution is 2.47.